The number of amides is 1. The summed E-state index contributed by atoms with van der Waals surface area (Å²) in [6.07, 6.45) is 3.19. The highest BCUT2D eigenvalue weighted by Gasteiger charge is 2.22. The SMILES string of the molecule is Cl.O=C(NCC1CCNC1)C1CCNCC1. The molecular formula is C11H22ClN3O. The Hall–Kier alpha value is -0.320. The average Bonchev–Trinajstić information content (AvgIpc) is 2.80. The van der Waals surface area contributed by atoms with Gasteiger partial charge in [-0.1, -0.05) is 0 Å². The van der Waals surface area contributed by atoms with Crippen LogP contribution in [-0.2, 0) is 4.79 Å². The molecule has 0 aromatic carbocycles. The monoisotopic (exact) mass is 247 g/mol. The van der Waals surface area contributed by atoms with E-state index in [0.717, 1.165) is 45.6 Å². The van der Waals surface area contributed by atoms with Gasteiger partial charge in [0.05, 0.1) is 0 Å². The summed E-state index contributed by atoms with van der Waals surface area (Å²) in [6, 6.07) is 0. The summed E-state index contributed by atoms with van der Waals surface area (Å²) in [5, 5.41) is 9.68. The Morgan fingerprint density at radius 3 is 2.44 bits per heavy atom. The topological polar surface area (TPSA) is 53.2 Å². The molecule has 0 aliphatic carbocycles. The molecule has 5 heteroatoms. The fourth-order valence-electron chi connectivity index (χ4n) is 2.36. The van der Waals surface area contributed by atoms with Crippen LogP contribution in [0, 0.1) is 11.8 Å². The van der Waals surface area contributed by atoms with Gasteiger partial charge in [0.15, 0.2) is 0 Å². The van der Waals surface area contributed by atoms with Crippen molar-refractivity contribution in [1.82, 2.24) is 16.0 Å². The van der Waals surface area contributed by atoms with Gasteiger partial charge in [-0.3, -0.25) is 4.79 Å². The predicted octanol–water partition coefficient (Wildman–Crippen LogP) is 0.134. The molecule has 2 saturated heterocycles. The molecule has 0 saturated carbocycles. The van der Waals surface area contributed by atoms with E-state index in [1.165, 1.54) is 6.42 Å². The Bertz CT molecular complexity index is 213. The van der Waals surface area contributed by atoms with Gasteiger partial charge in [0.1, 0.15) is 0 Å². The molecule has 0 spiro atoms. The van der Waals surface area contributed by atoms with Gasteiger partial charge in [0, 0.05) is 12.5 Å². The fourth-order valence-corrected chi connectivity index (χ4v) is 2.36. The quantitative estimate of drug-likeness (QED) is 0.665. The van der Waals surface area contributed by atoms with E-state index in [9.17, 15) is 4.79 Å². The molecule has 3 N–H and O–H groups in total. The summed E-state index contributed by atoms with van der Waals surface area (Å²) >= 11 is 0. The molecule has 2 aliphatic heterocycles. The Morgan fingerprint density at radius 2 is 1.81 bits per heavy atom. The number of piperidine rings is 1. The van der Waals surface area contributed by atoms with Crippen molar-refractivity contribution in [2.45, 2.75) is 19.3 Å². The van der Waals surface area contributed by atoms with E-state index in [1.807, 2.05) is 0 Å². The number of carbonyl (C=O) groups excluding carboxylic acids is 1. The van der Waals surface area contributed by atoms with E-state index < -0.39 is 0 Å². The molecule has 1 atom stereocenters. The first kappa shape index (κ1) is 13.7. The van der Waals surface area contributed by atoms with E-state index in [-0.39, 0.29) is 24.2 Å². The fraction of sp³-hybridized carbons (Fsp3) is 0.909. The minimum Gasteiger partial charge on any atom is -0.356 e. The molecule has 2 aliphatic rings. The van der Waals surface area contributed by atoms with Crippen LogP contribution in [0.1, 0.15) is 19.3 Å². The van der Waals surface area contributed by atoms with E-state index in [2.05, 4.69) is 16.0 Å². The zero-order valence-electron chi connectivity index (χ0n) is 9.63. The zero-order valence-corrected chi connectivity index (χ0v) is 10.4. The normalized spacial score (nSPS) is 26.1. The minimum atomic E-state index is 0. The molecule has 16 heavy (non-hydrogen) atoms. The van der Waals surface area contributed by atoms with Gasteiger partial charge in [-0.25, -0.2) is 0 Å². The summed E-state index contributed by atoms with van der Waals surface area (Å²) in [5.41, 5.74) is 0. The number of hydrogen-bond donors (Lipinski definition) is 3. The molecule has 1 unspecified atom stereocenters. The second-order valence-electron chi connectivity index (χ2n) is 4.63. The van der Waals surface area contributed by atoms with Crippen molar-refractivity contribution < 1.29 is 4.79 Å². The molecule has 1 amide bonds. The number of halogens is 1. The Balaban J connectivity index is 0.00000128. The summed E-state index contributed by atoms with van der Waals surface area (Å²) in [6.45, 7) is 5.00. The Kier molecular flexibility index (Phi) is 6.09. The van der Waals surface area contributed by atoms with Crippen molar-refractivity contribution in [3.05, 3.63) is 0 Å². The van der Waals surface area contributed by atoms with Crippen LogP contribution in [0.5, 0.6) is 0 Å². The molecule has 0 aromatic rings. The number of hydrogen-bond acceptors (Lipinski definition) is 3. The maximum absolute atomic E-state index is 11.8. The number of rotatable bonds is 3. The molecule has 0 radical (unpaired) electrons. The lowest BCUT2D eigenvalue weighted by molar-refractivity contribution is -0.125. The largest absolute Gasteiger partial charge is 0.356 e. The van der Waals surface area contributed by atoms with Crippen LogP contribution >= 0.6 is 12.4 Å². The van der Waals surface area contributed by atoms with Gasteiger partial charge in [-0.15, -0.1) is 12.4 Å². The van der Waals surface area contributed by atoms with E-state index >= 15 is 0 Å². The molecule has 2 heterocycles. The third-order valence-electron chi connectivity index (χ3n) is 3.44. The highest BCUT2D eigenvalue weighted by atomic mass is 35.5. The summed E-state index contributed by atoms with van der Waals surface area (Å²) in [5.74, 6) is 1.17. The lowest BCUT2D eigenvalue weighted by atomic mass is 9.97. The van der Waals surface area contributed by atoms with Crippen LogP contribution in [0.25, 0.3) is 0 Å². The second kappa shape index (κ2) is 7.09. The standard InChI is InChI=1S/C11H21N3O.ClH/c15-11(10-2-5-12-6-3-10)14-8-9-1-4-13-7-9;/h9-10,12-13H,1-8H2,(H,14,15);1H. The third-order valence-corrected chi connectivity index (χ3v) is 3.44. The van der Waals surface area contributed by atoms with Crippen LogP contribution in [0.15, 0.2) is 0 Å². The van der Waals surface area contributed by atoms with Gasteiger partial charge in [-0.05, 0) is 51.4 Å². The van der Waals surface area contributed by atoms with Gasteiger partial charge in [-0.2, -0.15) is 0 Å². The van der Waals surface area contributed by atoms with Crippen LogP contribution in [0.2, 0.25) is 0 Å². The lowest BCUT2D eigenvalue weighted by Crippen LogP contribution is -2.40. The highest BCUT2D eigenvalue weighted by Crippen LogP contribution is 2.12. The number of nitrogens with one attached hydrogen (secondary N) is 3. The van der Waals surface area contributed by atoms with Crippen LogP contribution in [-0.4, -0.2) is 38.6 Å². The van der Waals surface area contributed by atoms with Gasteiger partial charge in [0.25, 0.3) is 0 Å². The van der Waals surface area contributed by atoms with Crippen LogP contribution < -0.4 is 16.0 Å². The average molecular weight is 248 g/mol. The first-order valence-electron chi connectivity index (χ1n) is 6.05. The van der Waals surface area contributed by atoms with E-state index in [1.54, 1.807) is 0 Å². The molecule has 0 aromatic heterocycles. The highest BCUT2D eigenvalue weighted by molar-refractivity contribution is 5.85. The van der Waals surface area contributed by atoms with Crippen molar-refractivity contribution in [2.75, 3.05) is 32.7 Å². The Morgan fingerprint density at radius 1 is 1.12 bits per heavy atom. The van der Waals surface area contributed by atoms with Crippen molar-refractivity contribution >= 4 is 18.3 Å². The molecule has 2 fully saturated rings. The van der Waals surface area contributed by atoms with Gasteiger partial charge >= 0.3 is 0 Å². The van der Waals surface area contributed by atoms with Gasteiger partial charge < -0.3 is 16.0 Å². The first-order chi connectivity index (χ1) is 7.36. The number of carbonyl (C=O) groups is 1. The van der Waals surface area contributed by atoms with Crippen molar-refractivity contribution in [1.29, 1.82) is 0 Å². The van der Waals surface area contributed by atoms with Crippen LogP contribution in [0.4, 0.5) is 0 Å². The third kappa shape index (κ3) is 3.92. The summed E-state index contributed by atoms with van der Waals surface area (Å²) in [7, 11) is 0. The predicted molar refractivity (Wildman–Crippen MR) is 66.8 cm³/mol. The maximum atomic E-state index is 11.8. The van der Waals surface area contributed by atoms with E-state index in [4.69, 9.17) is 0 Å². The van der Waals surface area contributed by atoms with Gasteiger partial charge in [0.2, 0.25) is 5.91 Å². The molecule has 94 valence electrons. The maximum Gasteiger partial charge on any atom is 0.223 e. The zero-order chi connectivity index (χ0) is 10.5. The lowest BCUT2D eigenvalue weighted by Gasteiger charge is -2.22. The molecule has 0 bridgehead atoms. The summed E-state index contributed by atoms with van der Waals surface area (Å²) in [4.78, 5) is 11.8. The first-order valence-corrected chi connectivity index (χ1v) is 6.05. The Labute approximate surface area is 103 Å². The van der Waals surface area contributed by atoms with Crippen molar-refractivity contribution in [2.24, 2.45) is 11.8 Å². The van der Waals surface area contributed by atoms with E-state index in [0.29, 0.717) is 5.92 Å². The van der Waals surface area contributed by atoms with Crippen LogP contribution in [0.3, 0.4) is 0 Å². The summed E-state index contributed by atoms with van der Waals surface area (Å²) < 4.78 is 0. The molecule has 2 rings (SSSR count). The molecular weight excluding hydrogens is 226 g/mol. The van der Waals surface area contributed by atoms with Crippen molar-refractivity contribution in [3.8, 4) is 0 Å². The molecule has 4 nitrogen and oxygen atoms in total. The van der Waals surface area contributed by atoms with Crippen molar-refractivity contribution in [3.63, 3.8) is 0 Å². The second-order valence-corrected chi connectivity index (χ2v) is 4.63. The minimum absolute atomic E-state index is 0. The smallest absolute Gasteiger partial charge is 0.223 e.